The molecule has 0 aliphatic heterocycles. The van der Waals surface area contributed by atoms with E-state index >= 15 is 0 Å². The number of methoxy groups -OCH3 is 2. The van der Waals surface area contributed by atoms with E-state index in [0.717, 1.165) is 6.07 Å². The van der Waals surface area contributed by atoms with Crippen molar-refractivity contribution in [1.82, 2.24) is 5.32 Å². The van der Waals surface area contributed by atoms with E-state index in [2.05, 4.69) is 10.1 Å². The third-order valence-corrected chi connectivity index (χ3v) is 2.80. The molecule has 1 aromatic carbocycles. The largest absolute Gasteiger partial charge is 0.494 e. The van der Waals surface area contributed by atoms with Gasteiger partial charge in [0.05, 0.1) is 26.7 Å². The Morgan fingerprint density at radius 3 is 2.55 bits per heavy atom. The number of benzene rings is 1. The van der Waals surface area contributed by atoms with Gasteiger partial charge in [-0.25, -0.2) is 4.39 Å². The van der Waals surface area contributed by atoms with Crippen LogP contribution in [0.2, 0.25) is 0 Å². The van der Waals surface area contributed by atoms with Gasteiger partial charge >= 0.3 is 5.97 Å². The first-order valence-electron chi connectivity index (χ1n) is 6.21. The molecule has 5 nitrogen and oxygen atoms in total. The molecule has 6 heteroatoms. The van der Waals surface area contributed by atoms with Crippen LogP contribution in [0.4, 0.5) is 4.39 Å². The molecule has 0 aromatic heterocycles. The predicted octanol–water partition coefficient (Wildman–Crippen LogP) is 1.56. The van der Waals surface area contributed by atoms with E-state index in [1.807, 2.05) is 6.92 Å². The molecule has 1 aromatic rings. The maximum Gasteiger partial charge on any atom is 0.307 e. The molecule has 1 atom stereocenters. The average molecular weight is 283 g/mol. The van der Waals surface area contributed by atoms with Crippen molar-refractivity contribution in [3.8, 4) is 5.75 Å². The molecule has 0 fully saturated rings. The summed E-state index contributed by atoms with van der Waals surface area (Å²) in [4.78, 5) is 23.6. The summed E-state index contributed by atoms with van der Waals surface area (Å²) in [5.41, 5.74) is 0.179. The van der Waals surface area contributed by atoms with E-state index < -0.39 is 17.8 Å². The molecule has 0 saturated heterocycles. The number of carbonyl (C=O) groups is 2. The normalized spacial score (nSPS) is 11.8. The second-order valence-corrected chi connectivity index (χ2v) is 4.10. The standard InChI is InChI=1S/C14H18FNO4/c1-4-16-11(8-13(17)20-3)14(18)9-5-6-12(19-2)10(15)7-9/h5-7,11,16H,4,8H2,1-3H3. The minimum absolute atomic E-state index is 0.0644. The van der Waals surface area contributed by atoms with Gasteiger partial charge in [-0.05, 0) is 24.7 Å². The van der Waals surface area contributed by atoms with Gasteiger partial charge in [0, 0.05) is 5.56 Å². The summed E-state index contributed by atoms with van der Waals surface area (Å²) in [6, 6.07) is 3.21. The summed E-state index contributed by atoms with van der Waals surface area (Å²) in [7, 11) is 2.60. The summed E-state index contributed by atoms with van der Waals surface area (Å²) >= 11 is 0. The number of rotatable bonds is 7. The lowest BCUT2D eigenvalue weighted by molar-refractivity contribution is -0.140. The molecule has 1 N–H and O–H groups in total. The monoisotopic (exact) mass is 283 g/mol. The van der Waals surface area contributed by atoms with Crippen LogP contribution in [0.5, 0.6) is 5.75 Å². The van der Waals surface area contributed by atoms with Crippen molar-refractivity contribution in [1.29, 1.82) is 0 Å². The van der Waals surface area contributed by atoms with Crippen LogP contribution in [0.3, 0.4) is 0 Å². The number of Topliss-reactive ketones (excluding diaryl/α,β-unsaturated/α-hetero) is 1. The van der Waals surface area contributed by atoms with Crippen LogP contribution in [-0.4, -0.2) is 38.6 Å². The Bertz CT molecular complexity index is 490. The predicted molar refractivity (Wildman–Crippen MR) is 71.4 cm³/mol. The minimum atomic E-state index is -0.736. The molecule has 0 aliphatic carbocycles. The number of ketones is 1. The lowest BCUT2D eigenvalue weighted by Crippen LogP contribution is -2.38. The number of hydrogen-bond donors (Lipinski definition) is 1. The van der Waals surface area contributed by atoms with Gasteiger partial charge in [-0.15, -0.1) is 0 Å². The number of hydrogen-bond acceptors (Lipinski definition) is 5. The number of halogens is 1. The number of likely N-dealkylation sites (N-methyl/N-ethyl adjacent to an activating group) is 1. The smallest absolute Gasteiger partial charge is 0.307 e. The van der Waals surface area contributed by atoms with Gasteiger partial charge in [-0.2, -0.15) is 0 Å². The zero-order valence-corrected chi connectivity index (χ0v) is 11.7. The number of ether oxygens (including phenoxy) is 2. The van der Waals surface area contributed by atoms with Gasteiger partial charge < -0.3 is 14.8 Å². The fourth-order valence-corrected chi connectivity index (χ4v) is 1.77. The molecule has 20 heavy (non-hydrogen) atoms. The Morgan fingerprint density at radius 2 is 2.05 bits per heavy atom. The Labute approximate surface area is 117 Å². The molecule has 0 spiro atoms. The SMILES string of the molecule is CCNC(CC(=O)OC)C(=O)c1ccc(OC)c(F)c1. The number of esters is 1. The summed E-state index contributed by atoms with van der Waals surface area (Å²) in [5, 5.41) is 2.89. The van der Waals surface area contributed by atoms with Crippen LogP contribution in [0.1, 0.15) is 23.7 Å². The van der Waals surface area contributed by atoms with Gasteiger partial charge in [-0.1, -0.05) is 6.92 Å². The number of carbonyl (C=O) groups excluding carboxylic acids is 2. The molecule has 0 amide bonds. The topological polar surface area (TPSA) is 64.6 Å². The van der Waals surface area contributed by atoms with Gasteiger partial charge in [-0.3, -0.25) is 9.59 Å². The van der Waals surface area contributed by atoms with Crippen LogP contribution in [0.25, 0.3) is 0 Å². The van der Waals surface area contributed by atoms with Crippen molar-refractivity contribution in [2.45, 2.75) is 19.4 Å². The summed E-state index contributed by atoms with van der Waals surface area (Å²) in [6.07, 6.45) is -0.100. The minimum Gasteiger partial charge on any atom is -0.494 e. The van der Waals surface area contributed by atoms with Gasteiger partial charge in [0.25, 0.3) is 0 Å². The highest BCUT2D eigenvalue weighted by molar-refractivity contribution is 6.01. The Morgan fingerprint density at radius 1 is 1.35 bits per heavy atom. The van der Waals surface area contributed by atoms with Crippen molar-refractivity contribution < 1.29 is 23.5 Å². The van der Waals surface area contributed by atoms with Crippen molar-refractivity contribution in [2.75, 3.05) is 20.8 Å². The summed E-state index contributed by atoms with van der Waals surface area (Å²) < 4.78 is 22.9. The lowest BCUT2D eigenvalue weighted by atomic mass is 10.0. The second-order valence-electron chi connectivity index (χ2n) is 4.10. The fraction of sp³-hybridized carbons (Fsp3) is 0.429. The molecule has 110 valence electrons. The van der Waals surface area contributed by atoms with Crippen molar-refractivity contribution in [3.63, 3.8) is 0 Å². The van der Waals surface area contributed by atoms with Crippen LogP contribution in [-0.2, 0) is 9.53 Å². The molecule has 0 aliphatic rings. The van der Waals surface area contributed by atoms with E-state index in [1.54, 1.807) is 0 Å². The Balaban J connectivity index is 2.93. The molecule has 1 rings (SSSR count). The zero-order valence-electron chi connectivity index (χ0n) is 11.7. The molecule has 0 bridgehead atoms. The highest BCUT2D eigenvalue weighted by Crippen LogP contribution is 2.19. The molecule has 1 unspecified atom stereocenters. The molecule has 0 heterocycles. The second kappa shape index (κ2) is 7.59. The van der Waals surface area contributed by atoms with E-state index in [4.69, 9.17) is 4.74 Å². The Hall–Kier alpha value is -1.95. The zero-order chi connectivity index (χ0) is 15.1. The molecular weight excluding hydrogens is 265 g/mol. The molecular formula is C14H18FNO4. The average Bonchev–Trinajstić information content (AvgIpc) is 2.45. The summed E-state index contributed by atoms with van der Waals surface area (Å²) in [6.45, 7) is 2.32. The Kier molecular flexibility index (Phi) is 6.11. The van der Waals surface area contributed by atoms with Crippen LogP contribution in [0, 0.1) is 5.82 Å². The summed E-state index contributed by atoms with van der Waals surface area (Å²) in [5.74, 6) is -1.42. The molecule has 0 saturated carbocycles. The van der Waals surface area contributed by atoms with Crippen molar-refractivity contribution >= 4 is 11.8 Å². The quantitative estimate of drug-likeness (QED) is 0.607. The number of nitrogens with one attached hydrogen (secondary N) is 1. The highest BCUT2D eigenvalue weighted by atomic mass is 19.1. The van der Waals surface area contributed by atoms with E-state index in [-0.39, 0.29) is 23.5 Å². The van der Waals surface area contributed by atoms with Gasteiger partial charge in [0.15, 0.2) is 17.3 Å². The van der Waals surface area contributed by atoms with Crippen molar-refractivity contribution in [3.05, 3.63) is 29.6 Å². The van der Waals surface area contributed by atoms with Gasteiger partial charge in [0.2, 0.25) is 0 Å². The highest BCUT2D eigenvalue weighted by Gasteiger charge is 2.23. The first kappa shape index (κ1) is 16.1. The van der Waals surface area contributed by atoms with Crippen LogP contribution in [0.15, 0.2) is 18.2 Å². The van der Waals surface area contributed by atoms with Gasteiger partial charge in [0.1, 0.15) is 0 Å². The van der Waals surface area contributed by atoms with Crippen LogP contribution >= 0.6 is 0 Å². The molecule has 0 radical (unpaired) electrons. The maximum absolute atomic E-state index is 13.6. The first-order valence-corrected chi connectivity index (χ1v) is 6.21. The van der Waals surface area contributed by atoms with E-state index in [0.29, 0.717) is 6.54 Å². The lowest BCUT2D eigenvalue weighted by Gasteiger charge is -2.15. The van der Waals surface area contributed by atoms with Crippen LogP contribution < -0.4 is 10.1 Å². The third kappa shape index (κ3) is 4.03. The first-order chi connectivity index (χ1) is 9.53. The van der Waals surface area contributed by atoms with E-state index in [9.17, 15) is 14.0 Å². The third-order valence-electron chi connectivity index (χ3n) is 2.80. The maximum atomic E-state index is 13.6. The van der Waals surface area contributed by atoms with E-state index in [1.165, 1.54) is 26.4 Å². The van der Waals surface area contributed by atoms with Crippen molar-refractivity contribution in [2.24, 2.45) is 0 Å². The fourth-order valence-electron chi connectivity index (χ4n) is 1.77.